The highest BCUT2D eigenvalue weighted by Gasteiger charge is 2.23. The van der Waals surface area contributed by atoms with Crippen LogP contribution in [0.4, 0.5) is 10.1 Å². The van der Waals surface area contributed by atoms with Gasteiger partial charge < -0.3 is 5.32 Å². The Labute approximate surface area is 127 Å². The van der Waals surface area contributed by atoms with Crippen molar-refractivity contribution >= 4 is 5.69 Å². The molecule has 2 rings (SSSR count). The topological polar surface area (TPSA) is 12.0 Å². The van der Waals surface area contributed by atoms with Crippen LogP contribution in [0.15, 0.2) is 48.5 Å². The maximum absolute atomic E-state index is 13.3. The molecular formula is C19H24FN. The lowest BCUT2D eigenvalue weighted by Crippen LogP contribution is -2.27. The van der Waals surface area contributed by atoms with Crippen LogP contribution in [0, 0.1) is 12.7 Å². The van der Waals surface area contributed by atoms with Crippen LogP contribution in [0.2, 0.25) is 0 Å². The second-order valence-corrected chi connectivity index (χ2v) is 6.46. The molecule has 0 saturated carbocycles. The van der Waals surface area contributed by atoms with Crippen LogP contribution >= 0.6 is 0 Å². The number of rotatable bonds is 5. The van der Waals surface area contributed by atoms with E-state index in [0.717, 1.165) is 12.1 Å². The summed E-state index contributed by atoms with van der Waals surface area (Å²) in [5.74, 6) is -0.155. The first kappa shape index (κ1) is 15.6. The van der Waals surface area contributed by atoms with Crippen molar-refractivity contribution in [3.63, 3.8) is 0 Å². The number of anilines is 1. The predicted octanol–water partition coefficient (Wildman–Crippen LogP) is 5.30. The quantitative estimate of drug-likeness (QED) is 0.785. The largest absolute Gasteiger partial charge is 0.383 e. The molecule has 0 heterocycles. The van der Waals surface area contributed by atoms with E-state index in [1.54, 1.807) is 13.0 Å². The van der Waals surface area contributed by atoms with E-state index in [1.807, 2.05) is 12.1 Å². The van der Waals surface area contributed by atoms with Crippen molar-refractivity contribution in [2.75, 3.05) is 5.32 Å². The molecule has 2 aromatic rings. The van der Waals surface area contributed by atoms with Gasteiger partial charge in [0, 0.05) is 11.7 Å². The van der Waals surface area contributed by atoms with Gasteiger partial charge in [0.1, 0.15) is 5.82 Å². The summed E-state index contributed by atoms with van der Waals surface area (Å²) in [6.45, 7) is 8.48. The van der Waals surface area contributed by atoms with Gasteiger partial charge in [-0.15, -0.1) is 0 Å². The molecule has 1 N–H and O–H groups in total. The van der Waals surface area contributed by atoms with Gasteiger partial charge in [-0.3, -0.25) is 0 Å². The highest BCUT2D eigenvalue weighted by Crippen LogP contribution is 2.29. The van der Waals surface area contributed by atoms with Gasteiger partial charge in [0.05, 0.1) is 0 Å². The standard InChI is InChI=1S/C19H24FN/c1-14-12-17(10-11-18(14)20)21-15(2)13-19(3,4)16-8-6-5-7-9-16/h5-12,15,21H,13H2,1-4H3. The normalized spacial score (nSPS) is 13.0. The Kier molecular flexibility index (Phi) is 4.66. The molecule has 0 spiro atoms. The third-order valence-corrected chi connectivity index (χ3v) is 3.94. The van der Waals surface area contributed by atoms with Crippen molar-refractivity contribution in [2.45, 2.75) is 45.6 Å². The molecule has 1 nitrogen and oxygen atoms in total. The summed E-state index contributed by atoms with van der Waals surface area (Å²) in [7, 11) is 0. The smallest absolute Gasteiger partial charge is 0.126 e. The Balaban J connectivity index is 2.04. The average Bonchev–Trinajstić information content (AvgIpc) is 2.43. The molecule has 0 aromatic heterocycles. The van der Waals surface area contributed by atoms with E-state index >= 15 is 0 Å². The van der Waals surface area contributed by atoms with E-state index in [2.05, 4.69) is 50.4 Å². The van der Waals surface area contributed by atoms with Gasteiger partial charge in [-0.05, 0) is 55.0 Å². The lowest BCUT2D eigenvalue weighted by Gasteiger charge is -2.29. The second kappa shape index (κ2) is 6.30. The van der Waals surface area contributed by atoms with Gasteiger partial charge >= 0.3 is 0 Å². The van der Waals surface area contributed by atoms with E-state index in [4.69, 9.17) is 0 Å². The number of hydrogen-bond donors (Lipinski definition) is 1. The molecule has 21 heavy (non-hydrogen) atoms. The minimum absolute atomic E-state index is 0.1000. The minimum Gasteiger partial charge on any atom is -0.383 e. The molecule has 0 amide bonds. The minimum atomic E-state index is -0.155. The molecule has 0 bridgehead atoms. The maximum atomic E-state index is 13.3. The zero-order chi connectivity index (χ0) is 15.5. The number of benzene rings is 2. The van der Waals surface area contributed by atoms with Crippen LogP contribution in [0.1, 0.15) is 38.3 Å². The molecule has 1 atom stereocenters. The molecule has 2 aromatic carbocycles. The van der Waals surface area contributed by atoms with E-state index in [-0.39, 0.29) is 11.2 Å². The summed E-state index contributed by atoms with van der Waals surface area (Å²) in [6, 6.07) is 16.1. The Morgan fingerprint density at radius 2 is 1.76 bits per heavy atom. The summed E-state index contributed by atoms with van der Waals surface area (Å²) >= 11 is 0. The predicted molar refractivity (Wildman–Crippen MR) is 88.3 cm³/mol. The zero-order valence-corrected chi connectivity index (χ0v) is 13.3. The van der Waals surface area contributed by atoms with Crippen molar-refractivity contribution in [2.24, 2.45) is 0 Å². The molecule has 0 saturated heterocycles. The van der Waals surface area contributed by atoms with Gasteiger partial charge in [-0.25, -0.2) is 4.39 Å². The van der Waals surface area contributed by atoms with Gasteiger partial charge in [0.15, 0.2) is 0 Å². The van der Waals surface area contributed by atoms with Crippen molar-refractivity contribution in [3.8, 4) is 0 Å². The Hall–Kier alpha value is -1.83. The van der Waals surface area contributed by atoms with Crippen molar-refractivity contribution in [1.82, 2.24) is 0 Å². The van der Waals surface area contributed by atoms with E-state index in [9.17, 15) is 4.39 Å². The summed E-state index contributed by atoms with van der Waals surface area (Å²) in [5.41, 5.74) is 3.09. The summed E-state index contributed by atoms with van der Waals surface area (Å²) in [6.07, 6.45) is 1.01. The van der Waals surface area contributed by atoms with E-state index in [0.29, 0.717) is 11.6 Å². The lowest BCUT2D eigenvalue weighted by atomic mass is 9.79. The van der Waals surface area contributed by atoms with Gasteiger partial charge in [-0.1, -0.05) is 44.2 Å². The molecule has 2 heteroatoms. The van der Waals surface area contributed by atoms with Gasteiger partial charge in [0.25, 0.3) is 0 Å². The highest BCUT2D eigenvalue weighted by atomic mass is 19.1. The molecule has 1 unspecified atom stereocenters. The van der Waals surface area contributed by atoms with Crippen molar-refractivity contribution < 1.29 is 4.39 Å². The Bertz CT molecular complexity index is 590. The van der Waals surface area contributed by atoms with E-state index in [1.165, 1.54) is 11.6 Å². The number of aryl methyl sites for hydroxylation is 1. The van der Waals surface area contributed by atoms with Crippen LogP contribution in [0.3, 0.4) is 0 Å². The van der Waals surface area contributed by atoms with Crippen LogP contribution in [-0.4, -0.2) is 6.04 Å². The van der Waals surface area contributed by atoms with Crippen LogP contribution in [0.5, 0.6) is 0 Å². The zero-order valence-electron chi connectivity index (χ0n) is 13.3. The summed E-state index contributed by atoms with van der Waals surface area (Å²) in [5, 5.41) is 3.47. The molecule has 0 aliphatic rings. The SMILES string of the molecule is Cc1cc(NC(C)CC(C)(C)c2ccccc2)ccc1F. The first-order chi connectivity index (χ1) is 9.88. The molecule has 0 aliphatic heterocycles. The lowest BCUT2D eigenvalue weighted by molar-refractivity contribution is 0.450. The maximum Gasteiger partial charge on any atom is 0.126 e. The highest BCUT2D eigenvalue weighted by molar-refractivity contribution is 5.46. The molecule has 0 fully saturated rings. The van der Waals surface area contributed by atoms with Crippen LogP contribution in [0.25, 0.3) is 0 Å². The Morgan fingerprint density at radius 1 is 1.10 bits per heavy atom. The molecular weight excluding hydrogens is 261 g/mol. The first-order valence-electron chi connectivity index (χ1n) is 7.47. The average molecular weight is 285 g/mol. The number of hydrogen-bond acceptors (Lipinski definition) is 1. The van der Waals surface area contributed by atoms with Crippen LogP contribution < -0.4 is 5.32 Å². The number of nitrogens with one attached hydrogen (secondary N) is 1. The number of halogens is 1. The van der Waals surface area contributed by atoms with Crippen molar-refractivity contribution in [3.05, 3.63) is 65.5 Å². The van der Waals surface area contributed by atoms with Gasteiger partial charge in [-0.2, -0.15) is 0 Å². The van der Waals surface area contributed by atoms with Crippen molar-refractivity contribution in [1.29, 1.82) is 0 Å². The van der Waals surface area contributed by atoms with E-state index < -0.39 is 0 Å². The fourth-order valence-electron chi connectivity index (χ4n) is 2.84. The first-order valence-corrected chi connectivity index (χ1v) is 7.47. The third kappa shape index (κ3) is 4.07. The Morgan fingerprint density at radius 3 is 2.38 bits per heavy atom. The van der Waals surface area contributed by atoms with Crippen LogP contribution in [-0.2, 0) is 5.41 Å². The summed E-state index contributed by atoms with van der Waals surface area (Å²) in [4.78, 5) is 0. The fourth-order valence-corrected chi connectivity index (χ4v) is 2.84. The summed E-state index contributed by atoms with van der Waals surface area (Å²) < 4.78 is 13.3. The third-order valence-electron chi connectivity index (χ3n) is 3.94. The monoisotopic (exact) mass is 285 g/mol. The van der Waals surface area contributed by atoms with Gasteiger partial charge in [0.2, 0.25) is 0 Å². The molecule has 0 radical (unpaired) electrons. The second-order valence-electron chi connectivity index (χ2n) is 6.46. The molecule has 0 aliphatic carbocycles. The fraction of sp³-hybridized carbons (Fsp3) is 0.368. The molecule has 112 valence electrons.